The summed E-state index contributed by atoms with van der Waals surface area (Å²) in [4.78, 5) is 11.5. The lowest BCUT2D eigenvalue weighted by Crippen LogP contribution is -1.98. The first-order valence-corrected chi connectivity index (χ1v) is 6.81. The Balaban J connectivity index is 2.32. The molecule has 0 spiro atoms. The van der Waals surface area contributed by atoms with Crippen molar-refractivity contribution in [1.82, 2.24) is 9.61 Å². The number of pyridine rings is 1. The van der Waals surface area contributed by atoms with Crippen LogP contribution in [0.1, 0.15) is 10.4 Å². The molecule has 100 valence electrons. The fourth-order valence-corrected chi connectivity index (χ4v) is 2.50. The van der Waals surface area contributed by atoms with Gasteiger partial charge in [-0.25, -0.2) is 13.7 Å². The maximum atomic E-state index is 13.0. The van der Waals surface area contributed by atoms with Crippen LogP contribution in [-0.4, -0.2) is 20.7 Å². The fraction of sp³-hybridized carbons (Fsp3) is 0. The van der Waals surface area contributed by atoms with Gasteiger partial charge in [0.05, 0.1) is 5.52 Å². The summed E-state index contributed by atoms with van der Waals surface area (Å²) in [7, 11) is 0. The minimum absolute atomic E-state index is 0.120. The average Bonchev–Trinajstić information content (AvgIpc) is 2.78. The molecule has 0 unspecified atom stereocenters. The van der Waals surface area contributed by atoms with Crippen LogP contribution < -0.4 is 0 Å². The third-order valence-electron chi connectivity index (χ3n) is 2.93. The van der Waals surface area contributed by atoms with E-state index in [0.717, 1.165) is 3.57 Å². The summed E-state index contributed by atoms with van der Waals surface area (Å²) in [6.07, 6.45) is 1.70. The smallest absolute Gasteiger partial charge is 0.340 e. The summed E-state index contributed by atoms with van der Waals surface area (Å²) in [5.41, 5.74) is 1.54. The fourth-order valence-electron chi connectivity index (χ4n) is 2.04. The van der Waals surface area contributed by atoms with Crippen LogP contribution in [0.5, 0.6) is 0 Å². The van der Waals surface area contributed by atoms with Gasteiger partial charge in [-0.2, -0.15) is 5.10 Å². The number of aromatic carboxylic acids is 1. The molecule has 0 saturated carbocycles. The Morgan fingerprint density at radius 3 is 2.60 bits per heavy atom. The minimum atomic E-state index is -1.05. The molecule has 1 aromatic carbocycles. The van der Waals surface area contributed by atoms with Gasteiger partial charge in [-0.3, -0.25) is 0 Å². The molecule has 6 heteroatoms. The second-order valence-electron chi connectivity index (χ2n) is 4.21. The maximum absolute atomic E-state index is 13.0. The summed E-state index contributed by atoms with van der Waals surface area (Å²) in [6.45, 7) is 0. The van der Waals surface area contributed by atoms with Crippen LogP contribution in [0.3, 0.4) is 0 Å². The summed E-state index contributed by atoms with van der Waals surface area (Å²) in [5.74, 6) is -1.43. The number of hydrogen-bond donors (Lipinski definition) is 1. The third kappa shape index (κ3) is 2.15. The highest BCUT2D eigenvalue weighted by Gasteiger charge is 2.20. The molecule has 2 aromatic heterocycles. The van der Waals surface area contributed by atoms with Crippen LogP contribution in [0.25, 0.3) is 16.8 Å². The molecule has 0 aliphatic carbocycles. The molecule has 0 bridgehead atoms. The van der Waals surface area contributed by atoms with Gasteiger partial charge in [-0.1, -0.05) is 0 Å². The van der Waals surface area contributed by atoms with E-state index < -0.39 is 5.97 Å². The van der Waals surface area contributed by atoms with Crippen LogP contribution in [0.2, 0.25) is 0 Å². The van der Waals surface area contributed by atoms with Crippen molar-refractivity contribution in [3.8, 4) is 11.3 Å². The highest BCUT2D eigenvalue weighted by atomic mass is 127. The molecule has 0 atom stereocenters. The zero-order valence-corrected chi connectivity index (χ0v) is 12.2. The molecule has 2 heterocycles. The van der Waals surface area contributed by atoms with Crippen LogP contribution in [-0.2, 0) is 0 Å². The van der Waals surface area contributed by atoms with Crippen LogP contribution in [0, 0.1) is 9.39 Å². The zero-order chi connectivity index (χ0) is 14.3. The molecule has 0 aliphatic rings. The number of benzene rings is 1. The summed E-state index contributed by atoms with van der Waals surface area (Å²) < 4.78 is 15.4. The summed E-state index contributed by atoms with van der Waals surface area (Å²) >= 11 is 2.11. The van der Waals surface area contributed by atoms with Gasteiger partial charge in [0.1, 0.15) is 17.1 Å². The Hall–Kier alpha value is -1.96. The van der Waals surface area contributed by atoms with E-state index in [-0.39, 0.29) is 11.4 Å². The maximum Gasteiger partial charge on any atom is 0.340 e. The number of halogens is 2. The van der Waals surface area contributed by atoms with Gasteiger partial charge in [-0.05, 0) is 59.0 Å². The van der Waals surface area contributed by atoms with E-state index in [1.807, 2.05) is 6.07 Å². The number of carboxylic acids is 1. The molecule has 0 radical (unpaired) electrons. The molecule has 0 fully saturated rings. The molecule has 0 saturated heterocycles. The molecule has 0 amide bonds. The molecular formula is C14H8FIN2O2. The van der Waals surface area contributed by atoms with Crippen LogP contribution in [0.15, 0.2) is 42.6 Å². The van der Waals surface area contributed by atoms with E-state index in [4.69, 9.17) is 0 Å². The van der Waals surface area contributed by atoms with E-state index in [0.29, 0.717) is 16.8 Å². The van der Waals surface area contributed by atoms with Crippen molar-refractivity contribution in [2.24, 2.45) is 0 Å². The number of rotatable bonds is 2. The molecule has 20 heavy (non-hydrogen) atoms. The van der Waals surface area contributed by atoms with E-state index in [1.54, 1.807) is 12.3 Å². The molecule has 0 aliphatic heterocycles. The summed E-state index contributed by atoms with van der Waals surface area (Å²) in [5, 5.41) is 13.7. The monoisotopic (exact) mass is 382 g/mol. The zero-order valence-electron chi connectivity index (χ0n) is 10.0. The first-order chi connectivity index (χ1) is 9.56. The van der Waals surface area contributed by atoms with Gasteiger partial charge in [0.25, 0.3) is 0 Å². The van der Waals surface area contributed by atoms with Gasteiger partial charge in [0.2, 0.25) is 0 Å². The number of nitrogens with zero attached hydrogens (tertiary/aromatic N) is 2. The van der Waals surface area contributed by atoms with Crippen molar-refractivity contribution < 1.29 is 14.3 Å². The van der Waals surface area contributed by atoms with E-state index in [9.17, 15) is 14.3 Å². The molecule has 3 aromatic rings. The van der Waals surface area contributed by atoms with E-state index in [1.165, 1.54) is 28.8 Å². The van der Waals surface area contributed by atoms with Crippen LogP contribution >= 0.6 is 22.6 Å². The Morgan fingerprint density at radius 2 is 1.95 bits per heavy atom. The van der Waals surface area contributed by atoms with Crippen LogP contribution in [0.4, 0.5) is 4.39 Å². The van der Waals surface area contributed by atoms with Gasteiger partial charge in [0, 0.05) is 15.3 Å². The predicted molar refractivity (Wildman–Crippen MR) is 80.3 cm³/mol. The number of aromatic nitrogens is 2. The van der Waals surface area contributed by atoms with Crippen molar-refractivity contribution in [2.45, 2.75) is 0 Å². The van der Waals surface area contributed by atoms with Crippen molar-refractivity contribution in [3.63, 3.8) is 0 Å². The van der Waals surface area contributed by atoms with Gasteiger partial charge < -0.3 is 5.11 Å². The lowest BCUT2D eigenvalue weighted by Gasteiger charge is -1.98. The normalized spacial score (nSPS) is 10.9. The molecule has 3 rings (SSSR count). The minimum Gasteiger partial charge on any atom is -0.478 e. The standard InChI is InChI=1S/C14H8FIN2O2/c15-9-3-1-8(2-4-9)13-12(14(19)20)11-7-10(16)5-6-18(11)17-13/h1-7H,(H,19,20). The lowest BCUT2D eigenvalue weighted by atomic mass is 10.1. The highest BCUT2D eigenvalue weighted by molar-refractivity contribution is 14.1. The van der Waals surface area contributed by atoms with E-state index in [2.05, 4.69) is 27.7 Å². The largest absolute Gasteiger partial charge is 0.478 e. The second kappa shape index (κ2) is 4.86. The Bertz CT molecular complexity index is 812. The van der Waals surface area contributed by atoms with Gasteiger partial charge in [0.15, 0.2) is 0 Å². The van der Waals surface area contributed by atoms with Crippen molar-refractivity contribution in [1.29, 1.82) is 0 Å². The van der Waals surface area contributed by atoms with Crippen molar-refractivity contribution in [3.05, 3.63) is 57.5 Å². The SMILES string of the molecule is O=C(O)c1c(-c2ccc(F)cc2)nn2ccc(I)cc12. The molecule has 1 N–H and O–H groups in total. The number of fused-ring (bicyclic) bond motifs is 1. The van der Waals surface area contributed by atoms with Gasteiger partial charge in [-0.15, -0.1) is 0 Å². The van der Waals surface area contributed by atoms with Crippen molar-refractivity contribution >= 4 is 34.1 Å². The third-order valence-corrected chi connectivity index (χ3v) is 3.60. The van der Waals surface area contributed by atoms with E-state index >= 15 is 0 Å². The average molecular weight is 382 g/mol. The first kappa shape index (κ1) is 13.0. The quantitative estimate of drug-likeness (QED) is 0.691. The Morgan fingerprint density at radius 1 is 1.25 bits per heavy atom. The van der Waals surface area contributed by atoms with Crippen molar-refractivity contribution in [2.75, 3.05) is 0 Å². The summed E-state index contributed by atoms with van der Waals surface area (Å²) in [6, 6.07) is 9.21. The highest BCUT2D eigenvalue weighted by Crippen LogP contribution is 2.27. The molecular weight excluding hydrogens is 374 g/mol. The lowest BCUT2D eigenvalue weighted by molar-refractivity contribution is 0.0700. The topological polar surface area (TPSA) is 54.6 Å². The Labute approximate surface area is 127 Å². The Kier molecular flexibility index (Phi) is 3.17. The number of carboxylic acid groups (broad SMARTS) is 1. The first-order valence-electron chi connectivity index (χ1n) is 5.73. The van der Waals surface area contributed by atoms with Gasteiger partial charge >= 0.3 is 5.97 Å². The number of hydrogen-bond acceptors (Lipinski definition) is 2. The number of carbonyl (C=O) groups is 1. The second-order valence-corrected chi connectivity index (χ2v) is 5.46. The predicted octanol–water partition coefficient (Wildman–Crippen LogP) is 3.44. The molecule has 4 nitrogen and oxygen atoms in total.